The fraction of sp³-hybridized carbons (Fsp3) is 0.375. The molecule has 13 heteroatoms. The largest absolute Gasteiger partial charge is 0.492 e. The number of hydrogen-bond donors (Lipinski definition) is 3. The summed E-state index contributed by atoms with van der Waals surface area (Å²) in [5, 5.41) is 18.7. The fourth-order valence-electron chi connectivity index (χ4n) is 7.00. The quantitative estimate of drug-likeness (QED) is 0.105. The molecule has 6 rings (SSSR count). The normalized spacial score (nSPS) is 14.5. The molecule has 0 spiro atoms. The van der Waals surface area contributed by atoms with Crippen LogP contribution >= 0.6 is 11.3 Å². The molecule has 1 atom stereocenters. The fourth-order valence-corrected chi connectivity index (χ4v) is 7.86. The smallest absolute Gasteiger partial charge is 0.341 e. The van der Waals surface area contributed by atoms with E-state index in [-0.39, 0.29) is 23.0 Å². The molecule has 5 aromatic rings. The van der Waals surface area contributed by atoms with Crippen molar-refractivity contribution in [2.45, 2.75) is 53.1 Å². The summed E-state index contributed by atoms with van der Waals surface area (Å²) >= 11 is 1.45. The molecule has 4 heterocycles. The van der Waals surface area contributed by atoms with E-state index in [0.29, 0.717) is 65.0 Å². The molecule has 0 saturated carbocycles. The van der Waals surface area contributed by atoms with Crippen LogP contribution in [0.5, 0.6) is 5.75 Å². The number of ether oxygens (including phenoxy) is 1. The minimum atomic E-state index is -1.27. The van der Waals surface area contributed by atoms with Crippen molar-refractivity contribution < 1.29 is 19.4 Å². The summed E-state index contributed by atoms with van der Waals surface area (Å²) in [4.78, 5) is 53.3. The Bertz CT molecular complexity index is 2130. The lowest BCUT2D eigenvalue weighted by molar-refractivity contribution is 0.0694. The second-order valence-electron chi connectivity index (χ2n) is 13.0. The van der Waals surface area contributed by atoms with Gasteiger partial charge in [-0.25, -0.2) is 19.6 Å². The maximum atomic E-state index is 14.0. The van der Waals surface area contributed by atoms with Crippen LogP contribution in [0.1, 0.15) is 50.9 Å². The van der Waals surface area contributed by atoms with Crippen LogP contribution in [0.2, 0.25) is 0 Å². The monoisotopic (exact) mass is 737 g/mol. The maximum Gasteiger partial charge on any atom is 0.341 e. The molecule has 2 aromatic carbocycles. The van der Waals surface area contributed by atoms with Gasteiger partial charge in [-0.1, -0.05) is 51.1 Å². The van der Waals surface area contributed by atoms with Gasteiger partial charge in [-0.2, -0.15) is 0 Å². The summed E-state index contributed by atoms with van der Waals surface area (Å²) < 4.78 is 8.51. The molecule has 3 aromatic heterocycles. The van der Waals surface area contributed by atoms with E-state index in [1.54, 1.807) is 18.3 Å². The van der Waals surface area contributed by atoms with Gasteiger partial charge < -0.3 is 24.6 Å². The SMILES string of the molecule is CCNC(=O)Nc1cc(-c2nc(-c3ccccc3)cs2)c(-c2cc3c(=O)c(C(=O)O)cn(C[C@H]4CCCN4CC)c3cc2OCCN(CC)CC)cn1. The Morgan fingerprint density at radius 1 is 1.06 bits per heavy atom. The molecule has 0 aliphatic carbocycles. The first-order chi connectivity index (χ1) is 25.7. The number of carbonyl (C=O) groups is 2. The minimum absolute atomic E-state index is 0.212. The van der Waals surface area contributed by atoms with Crippen molar-refractivity contribution in [2.75, 3.05) is 51.2 Å². The van der Waals surface area contributed by atoms with Crippen molar-refractivity contribution >= 4 is 40.1 Å². The lowest BCUT2D eigenvalue weighted by Gasteiger charge is -2.25. The number of carboxylic acid groups (broad SMARTS) is 1. The first-order valence-electron chi connectivity index (χ1n) is 18.3. The van der Waals surface area contributed by atoms with Gasteiger partial charge in [0.05, 0.1) is 11.2 Å². The molecule has 0 bridgehead atoms. The summed E-state index contributed by atoms with van der Waals surface area (Å²) in [5.74, 6) is -0.416. The van der Waals surface area contributed by atoms with E-state index in [1.807, 2.05) is 53.3 Å². The number of aromatic carboxylic acids is 1. The van der Waals surface area contributed by atoms with Crippen LogP contribution in [-0.4, -0.2) is 93.4 Å². The number of aromatic nitrogens is 3. The van der Waals surface area contributed by atoms with Crippen LogP contribution in [0.4, 0.5) is 10.6 Å². The van der Waals surface area contributed by atoms with Gasteiger partial charge in [0.25, 0.3) is 0 Å². The second kappa shape index (κ2) is 17.1. The third-order valence-electron chi connectivity index (χ3n) is 9.86. The molecule has 1 aliphatic heterocycles. The van der Waals surface area contributed by atoms with Crippen LogP contribution in [0.25, 0.3) is 43.9 Å². The molecule has 1 aliphatic rings. The minimum Gasteiger partial charge on any atom is -0.492 e. The van der Waals surface area contributed by atoms with Crippen LogP contribution < -0.4 is 20.8 Å². The zero-order chi connectivity index (χ0) is 37.5. The number of pyridine rings is 2. The molecule has 1 saturated heterocycles. The van der Waals surface area contributed by atoms with Gasteiger partial charge in [-0.15, -0.1) is 11.3 Å². The molecular formula is C40H47N7O5S. The molecule has 2 amide bonds. The first kappa shape index (κ1) is 37.6. The van der Waals surface area contributed by atoms with Crippen LogP contribution in [0.3, 0.4) is 0 Å². The third kappa shape index (κ3) is 8.43. The van der Waals surface area contributed by atoms with Crippen LogP contribution in [0, 0.1) is 0 Å². The summed E-state index contributed by atoms with van der Waals surface area (Å²) in [6.07, 6.45) is 5.18. The number of anilines is 1. The van der Waals surface area contributed by atoms with E-state index in [2.05, 4.69) is 46.2 Å². The predicted molar refractivity (Wildman–Crippen MR) is 211 cm³/mol. The Labute approximate surface area is 313 Å². The number of benzene rings is 2. The Morgan fingerprint density at radius 2 is 1.85 bits per heavy atom. The van der Waals surface area contributed by atoms with Crippen molar-refractivity contribution in [3.63, 3.8) is 0 Å². The van der Waals surface area contributed by atoms with E-state index < -0.39 is 11.4 Å². The van der Waals surface area contributed by atoms with Gasteiger partial charge in [0.15, 0.2) is 0 Å². The van der Waals surface area contributed by atoms with Crippen LogP contribution in [0.15, 0.2) is 71.1 Å². The van der Waals surface area contributed by atoms with Crippen molar-refractivity contribution in [2.24, 2.45) is 0 Å². The summed E-state index contributed by atoms with van der Waals surface area (Å²) in [5.41, 5.74) is 3.38. The average molecular weight is 738 g/mol. The van der Waals surface area contributed by atoms with Gasteiger partial charge in [-0.3, -0.25) is 15.0 Å². The Hall–Kier alpha value is -5.11. The number of amides is 2. The zero-order valence-corrected chi connectivity index (χ0v) is 31.5. The number of thiazole rings is 1. The zero-order valence-electron chi connectivity index (χ0n) is 30.7. The Morgan fingerprint density at radius 3 is 2.57 bits per heavy atom. The van der Waals surface area contributed by atoms with E-state index in [9.17, 15) is 19.5 Å². The molecule has 12 nitrogen and oxygen atoms in total. The molecule has 278 valence electrons. The highest BCUT2D eigenvalue weighted by Gasteiger charge is 2.26. The predicted octanol–water partition coefficient (Wildman–Crippen LogP) is 6.90. The molecule has 0 unspecified atom stereocenters. The molecule has 0 radical (unpaired) electrons. The highest BCUT2D eigenvalue weighted by molar-refractivity contribution is 7.13. The second-order valence-corrected chi connectivity index (χ2v) is 13.9. The number of hydrogen-bond acceptors (Lipinski definition) is 9. The summed E-state index contributed by atoms with van der Waals surface area (Å²) in [6, 6.07) is 15.1. The van der Waals surface area contributed by atoms with E-state index >= 15 is 0 Å². The highest BCUT2D eigenvalue weighted by Crippen LogP contribution is 2.42. The summed E-state index contributed by atoms with van der Waals surface area (Å²) in [7, 11) is 0. The average Bonchev–Trinajstić information content (AvgIpc) is 3.85. The van der Waals surface area contributed by atoms with Gasteiger partial charge in [0.1, 0.15) is 28.7 Å². The number of likely N-dealkylation sites (tertiary alicyclic amines) is 1. The molecule has 3 N–H and O–H groups in total. The Kier molecular flexibility index (Phi) is 12.2. The lowest BCUT2D eigenvalue weighted by Crippen LogP contribution is -2.33. The first-order valence-corrected chi connectivity index (χ1v) is 19.2. The van der Waals surface area contributed by atoms with Crippen molar-refractivity contribution in [3.8, 4) is 38.7 Å². The van der Waals surface area contributed by atoms with Gasteiger partial charge in [0.2, 0.25) is 5.43 Å². The number of carboxylic acids is 1. The number of urea groups is 1. The van der Waals surface area contributed by atoms with E-state index in [0.717, 1.165) is 50.3 Å². The van der Waals surface area contributed by atoms with Crippen molar-refractivity contribution in [1.82, 2.24) is 29.7 Å². The maximum absolute atomic E-state index is 14.0. The number of rotatable bonds is 15. The van der Waals surface area contributed by atoms with Gasteiger partial charge in [0, 0.05) is 77.2 Å². The van der Waals surface area contributed by atoms with Gasteiger partial charge in [-0.05, 0) is 58.1 Å². The van der Waals surface area contributed by atoms with Crippen molar-refractivity contribution in [3.05, 3.63) is 82.1 Å². The number of carbonyl (C=O) groups excluding carboxylic acids is 1. The standard InChI is InChI=1S/C40H47N7O5S/c1-5-41-40(51)44-36-20-29(38-43-33(25-53-38)26-13-10-9-11-14-26)31(22-42-36)28-19-30-34(21-35(28)52-18-17-45(6-2)7-3)47(24-32(37(30)48)39(49)50)23-27-15-12-16-46(27)8-4/h9-11,13-14,19-22,24-25,27H,5-8,12,15-18,23H2,1-4H3,(H,49,50)(H2,41,42,44,51)/t27-/m1/s1. The molecule has 1 fully saturated rings. The van der Waals surface area contributed by atoms with Gasteiger partial charge >= 0.3 is 12.0 Å². The number of nitrogens with zero attached hydrogens (tertiary/aromatic N) is 5. The third-order valence-corrected chi connectivity index (χ3v) is 10.7. The van der Waals surface area contributed by atoms with E-state index in [4.69, 9.17) is 9.72 Å². The topological polar surface area (TPSA) is 142 Å². The number of nitrogens with one attached hydrogen (secondary N) is 2. The van der Waals surface area contributed by atoms with E-state index in [1.165, 1.54) is 17.5 Å². The number of likely N-dealkylation sites (N-methyl/N-ethyl adjacent to an activating group) is 2. The van der Waals surface area contributed by atoms with Crippen molar-refractivity contribution in [1.29, 1.82) is 0 Å². The van der Waals surface area contributed by atoms with Crippen LogP contribution in [-0.2, 0) is 6.54 Å². The highest BCUT2D eigenvalue weighted by atomic mass is 32.1. The molecular weight excluding hydrogens is 691 g/mol. The lowest BCUT2D eigenvalue weighted by atomic mass is 9.97. The number of fused-ring (bicyclic) bond motifs is 1. The Balaban J connectivity index is 1.56. The molecule has 53 heavy (non-hydrogen) atoms. The summed E-state index contributed by atoms with van der Waals surface area (Å²) in [6.45, 7) is 13.9.